The Kier molecular flexibility index (Phi) is 5.24. The smallest absolute Gasteiger partial charge is 0.231 e. The van der Waals surface area contributed by atoms with Crippen LogP contribution in [0.1, 0.15) is 34.6 Å². The molecule has 1 aromatic heterocycles. The lowest BCUT2D eigenvalue weighted by atomic mass is 9.88. The van der Waals surface area contributed by atoms with Gasteiger partial charge in [-0.1, -0.05) is 36.4 Å². The Morgan fingerprint density at radius 3 is 2.71 bits per heavy atom. The van der Waals surface area contributed by atoms with E-state index in [2.05, 4.69) is 22.4 Å². The van der Waals surface area contributed by atoms with E-state index in [1.54, 1.807) is 12.4 Å². The average molecular weight is 374 g/mol. The predicted octanol–water partition coefficient (Wildman–Crippen LogP) is 3.96. The highest BCUT2D eigenvalue weighted by molar-refractivity contribution is 5.77. The topological polar surface area (TPSA) is 60.5 Å². The molecule has 142 valence electrons. The monoisotopic (exact) mass is 374 g/mol. The molecule has 0 spiro atoms. The summed E-state index contributed by atoms with van der Waals surface area (Å²) in [5.41, 5.74) is 4.27. The van der Waals surface area contributed by atoms with Crippen molar-refractivity contribution in [1.29, 1.82) is 0 Å². The maximum Gasteiger partial charge on any atom is 0.231 e. The van der Waals surface area contributed by atoms with E-state index in [0.29, 0.717) is 13.0 Å². The number of nitrogens with zero attached hydrogens (tertiary/aromatic N) is 1. The van der Waals surface area contributed by atoms with Crippen LogP contribution in [0.5, 0.6) is 11.5 Å². The molecule has 0 radical (unpaired) electrons. The lowest BCUT2D eigenvalue weighted by Crippen LogP contribution is -2.25. The Labute approximate surface area is 164 Å². The summed E-state index contributed by atoms with van der Waals surface area (Å²) in [5.74, 6) is 1.41. The van der Waals surface area contributed by atoms with Crippen LogP contribution in [0.25, 0.3) is 0 Å². The first-order chi connectivity index (χ1) is 13.7. The molecule has 4 rings (SSSR count). The maximum atomic E-state index is 12.7. The number of benzene rings is 2. The maximum absolute atomic E-state index is 12.7. The quantitative estimate of drug-likeness (QED) is 0.710. The largest absolute Gasteiger partial charge is 0.454 e. The van der Waals surface area contributed by atoms with Crippen molar-refractivity contribution in [3.63, 3.8) is 0 Å². The van der Waals surface area contributed by atoms with Gasteiger partial charge in [-0.15, -0.1) is 0 Å². The molecule has 0 bridgehead atoms. The Morgan fingerprint density at radius 2 is 1.89 bits per heavy atom. The van der Waals surface area contributed by atoms with E-state index in [1.807, 2.05) is 49.4 Å². The van der Waals surface area contributed by atoms with Gasteiger partial charge in [0.05, 0.1) is 0 Å². The van der Waals surface area contributed by atoms with Crippen molar-refractivity contribution in [1.82, 2.24) is 10.3 Å². The number of carbonyl (C=O) groups excluding carboxylic acids is 1. The number of hydrogen-bond acceptors (Lipinski definition) is 4. The van der Waals surface area contributed by atoms with Crippen molar-refractivity contribution in [2.75, 3.05) is 6.79 Å². The molecule has 0 unspecified atom stereocenters. The molecule has 0 fully saturated rings. The van der Waals surface area contributed by atoms with Crippen molar-refractivity contribution in [3.05, 3.63) is 89.2 Å². The predicted molar refractivity (Wildman–Crippen MR) is 106 cm³/mol. The molecule has 1 N–H and O–H groups in total. The Bertz CT molecular complexity index is 973. The van der Waals surface area contributed by atoms with Gasteiger partial charge in [-0.05, 0) is 47.4 Å². The Morgan fingerprint density at radius 1 is 1.07 bits per heavy atom. The van der Waals surface area contributed by atoms with Gasteiger partial charge in [0.25, 0.3) is 0 Å². The van der Waals surface area contributed by atoms with Gasteiger partial charge in [0.15, 0.2) is 11.5 Å². The highest BCUT2D eigenvalue weighted by Gasteiger charge is 2.22. The summed E-state index contributed by atoms with van der Waals surface area (Å²) in [6.07, 6.45) is 3.91. The van der Waals surface area contributed by atoms with Crippen molar-refractivity contribution in [3.8, 4) is 11.5 Å². The summed E-state index contributed by atoms with van der Waals surface area (Å²) in [4.78, 5) is 16.8. The number of fused-ring (bicyclic) bond motifs is 1. The number of ether oxygens (including phenoxy) is 2. The standard InChI is InChI=1S/C23H22N2O3/c1-16-13-24-10-9-19(16)14-25-23(26)12-20(17-5-3-2-4-6-17)18-7-8-21-22(11-18)28-15-27-21/h2-11,13,20H,12,14-15H2,1H3,(H,25,26)/t20-/m1/s1. The number of amides is 1. The van der Waals surface area contributed by atoms with Gasteiger partial charge in [0.2, 0.25) is 12.7 Å². The van der Waals surface area contributed by atoms with Crippen LogP contribution in [0.4, 0.5) is 0 Å². The fraction of sp³-hybridized carbons (Fsp3) is 0.217. The zero-order valence-corrected chi connectivity index (χ0v) is 15.7. The fourth-order valence-corrected chi connectivity index (χ4v) is 3.40. The van der Waals surface area contributed by atoms with Crippen LogP contribution in [0.2, 0.25) is 0 Å². The lowest BCUT2D eigenvalue weighted by molar-refractivity contribution is -0.121. The molecule has 1 aliphatic heterocycles. The number of nitrogens with one attached hydrogen (secondary N) is 1. The van der Waals surface area contributed by atoms with E-state index < -0.39 is 0 Å². The SMILES string of the molecule is Cc1cnccc1CNC(=O)C[C@H](c1ccccc1)c1ccc2c(c1)OCO2. The minimum atomic E-state index is -0.0609. The molecule has 2 heterocycles. The van der Waals surface area contributed by atoms with Crippen molar-refractivity contribution in [2.24, 2.45) is 0 Å². The van der Waals surface area contributed by atoms with Crippen LogP contribution < -0.4 is 14.8 Å². The number of carbonyl (C=O) groups is 1. The second-order valence-corrected chi connectivity index (χ2v) is 6.86. The molecule has 2 aromatic carbocycles. The third kappa shape index (κ3) is 3.98. The van der Waals surface area contributed by atoms with Crippen LogP contribution >= 0.6 is 0 Å². The molecule has 0 aliphatic carbocycles. The van der Waals surface area contributed by atoms with E-state index in [1.165, 1.54) is 0 Å². The molecule has 5 nitrogen and oxygen atoms in total. The molecule has 1 atom stereocenters. The van der Waals surface area contributed by atoms with Gasteiger partial charge in [0, 0.05) is 31.3 Å². The summed E-state index contributed by atoms with van der Waals surface area (Å²) >= 11 is 0. The zero-order valence-electron chi connectivity index (χ0n) is 15.7. The van der Waals surface area contributed by atoms with Crippen LogP contribution in [0, 0.1) is 6.92 Å². The van der Waals surface area contributed by atoms with Gasteiger partial charge in [-0.3, -0.25) is 9.78 Å². The first-order valence-corrected chi connectivity index (χ1v) is 9.31. The van der Waals surface area contributed by atoms with Gasteiger partial charge in [0.1, 0.15) is 0 Å². The van der Waals surface area contributed by atoms with Gasteiger partial charge < -0.3 is 14.8 Å². The first-order valence-electron chi connectivity index (χ1n) is 9.31. The highest BCUT2D eigenvalue weighted by Crippen LogP contribution is 2.37. The summed E-state index contributed by atoms with van der Waals surface area (Å²) < 4.78 is 10.9. The second kappa shape index (κ2) is 8.13. The fourth-order valence-electron chi connectivity index (χ4n) is 3.40. The summed E-state index contributed by atoms with van der Waals surface area (Å²) in [5, 5.41) is 3.04. The normalized spacial score (nSPS) is 13.2. The van der Waals surface area contributed by atoms with Crippen molar-refractivity contribution < 1.29 is 14.3 Å². The molecule has 0 saturated carbocycles. The minimum absolute atomic E-state index is 0.00253. The molecule has 3 aromatic rings. The van der Waals surface area contributed by atoms with E-state index in [9.17, 15) is 4.79 Å². The summed E-state index contributed by atoms with van der Waals surface area (Å²) in [6.45, 7) is 2.73. The minimum Gasteiger partial charge on any atom is -0.454 e. The molecule has 0 saturated heterocycles. The number of rotatable bonds is 6. The number of pyridine rings is 1. The van der Waals surface area contributed by atoms with Crippen LogP contribution in [-0.4, -0.2) is 17.7 Å². The Hall–Kier alpha value is -3.34. The molecule has 1 amide bonds. The molecular weight excluding hydrogens is 352 g/mol. The number of aryl methyl sites for hydroxylation is 1. The van der Waals surface area contributed by atoms with Crippen molar-refractivity contribution >= 4 is 5.91 Å². The molecule has 1 aliphatic rings. The summed E-state index contributed by atoms with van der Waals surface area (Å²) in [7, 11) is 0. The van der Waals surface area contributed by atoms with Gasteiger partial charge in [-0.25, -0.2) is 0 Å². The van der Waals surface area contributed by atoms with Gasteiger partial charge >= 0.3 is 0 Å². The van der Waals surface area contributed by atoms with E-state index >= 15 is 0 Å². The molecule has 28 heavy (non-hydrogen) atoms. The van der Waals surface area contributed by atoms with E-state index in [0.717, 1.165) is 33.8 Å². The van der Waals surface area contributed by atoms with Crippen LogP contribution in [-0.2, 0) is 11.3 Å². The highest BCUT2D eigenvalue weighted by atomic mass is 16.7. The van der Waals surface area contributed by atoms with E-state index in [4.69, 9.17) is 9.47 Å². The molecule has 5 heteroatoms. The summed E-state index contributed by atoms with van der Waals surface area (Å²) in [6, 6.07) is 17.9. The number of hydrogen-bond donors (Lipinski definition) is 1. The van der Waals surface area contributed by atoms with Crippen LogP contribution in [0.15, 0.2) is 67.0 Å². The van der Waals surface area contributed by atoms with Gasteiger partial charge in [-0.2, -0.15) is 0 Å². The second-order valence-electron chi connectivity index (χ2n) is 6.86. The third-order valence-corrected chi connectivity index (χ3v) is 5.00. The zero-order chi connectivity index (χ0) is 19.3. The average Bonchev–Trinajstić information content (AvgIpc) is 3.20. The van der Waals surface area contributed by atoms with Crippen molar-refractivity contribution in [2.45, 2.75) is 25.8 Å². The van der Waals surface area contributed by atoms with E-state index in [-0.39, 0.29) is 18.6 Å². The molecular formula is C23H22N2O3. The van der Waals surface area contributed by atoms with Crippen LogP contribution in [0.3, 0.4) is 0 Å². The number of aromatic nitrogens is 1. The Balaban J connectivity index is 1.53. The first kappa shape index (κ1) is 18.0. The lowest BCUT2D eigenvalue weighted by Gasteiger charge is -2.18. The third-order valence-electron chi connectivity index (χ3n) is 5.00.